The highest BCUT2D eigenvalue weighted by Gasteiger charge is 2.30. The fourth-order valence-corrected chi connectivity index (χ4v) is 1.22. The number of methoxy groups -OCH3 is 1. The van der Waals surface area contributed by atoms with Crippen molar-refractivity contribution in [3.63, 3.8) is 0 Å². The molecule has 0 aliphatic rings. The van der Waals surface area contributed by atoms with Crippen molar-refractivity contribution in [1.29, 1.82) is 0 Å². The van der Waals surface area contributed by atoms with Crippen LogP contribution in [0.4, 0.5) is 13.6 Å². The van der Waals surface area contributed by atoms with Gasteiger partial charge in [-0.15, -0.1) is 0 Å². The molecule has 1 amide bonds. The van der Waals surface area contributed by atoms with Gasteiger partial charge in [-0.3, -0.25) is 0 Å². The van der Waals surface area contributed by atoms with Gasteiger partial charge >= 0.3 is 16.3 Å². The Morgan fingerprint density at radius 2 is 2.07 bits per heavy atom. The molecule has 0 radical (unpaired) electrons. The molecule has 0 saturated carbocycles. The summed E-state index contributed by atoms with van der Waals surface area (Å²) in [6.07, 6.45) is -1.31. The number of carbonyl (C=O) groups excluding carboxylic acids is 1. The van der Waals surface area contributed by atoms with E-state index in [1.165, 1.54) is 9.44 Å². The van der Waals surface area contributed by atoms with E-state index in [0.29, 0.717) is 0 Å². The minimum Gasteiger partial charge on any atom is -0.452 e. The van der Waals surface area contributed by atoms with Crippen LogP contribution in [0.3, 0.4) is 0 Å². The Hall–Kier alpha value is -1.00. The zero-order valence-electron chi connectivity index (χ0n) is 7.66. The molecule has 90 valence electrons. The summed E-state index contributed by atoms with van der Waals surface area (Å²) in [6.45, 7) is -2.83. The van der Waals surface area contributed by atoms with Gasteiger partial charge < -0.3 is 9.84 Å². The van der Waals surface area contributed by atoms with Gasteiger partial charge in [-0.1, -0.05) is 0 Å². The number of hydrogen-bond donors (Lipinski definition) is 3. The molecule has 0 aliphatic carbocycles. The third-order valence-electron chi connectivity index (χ3n) is 1.16. The first kappa shape index (κ1) is 14.0. The second kappa shape index (κ2) is 5.19. The first-order valence-corrected chi connectivity index (χ1v) is 5.05. The Bertz CT molecular complexity index is 317. The molecule has 7 nitrogen and oxygen atoms in total. The van der Waals surface area contributed by atoms with Gasteiger partial charge in [0.15, 0.2) is 0 Å². The van der Waals surface area contributed by atoms with Gasteiger partial charge in [0.1, 0.15) is 6.61 Å². The summed E-state index contributed by atoms with van der Waals surface area (Å²) < 4.78 is 53.0. The summed E-state index contributed by atoms with van der Waals surface area (Å²) in [7, 11) is -3.49. The third-order valence-corrected chi connectivity index (χ3v) is 2.12. The van der Waals surface area contributed by atoms with Crippen LogP contribution in [-0.2, 0) is 14.9 Å². The van der Waals surface area contributed by atoms with Gasteiger partial charge in [0.2, 0.25) is 0 Å². The molecule has 0 saturated heterocycles. The lowest BCUT2D eigenvalue weighted by Gasteiger charge is -2.13. The van der Waals surface area contributed by atoms with Crippen molar-refractivity contribution in [3.8, 4) is 0 Å². The van der Waals surface area contributed by atoms with E-state index in [2.05, 4.69) is 4.74 Å². The number of halogens is 2. The molecule has 0 aromatic rings. The molecule has 0 unspecified atom stereocenters. The normalized spacial score (nSPS) is 12.3. The minimum atomic E-state index is -4.40. The van der Waals surface area contributed by atoms with E-state index < -0.39 is 35.4 Å². The van der Waals surface area contributed by atoms with Crippen molar-refractivity contribution in [3.05, 3.63) is 0 Å². The number of aliphatic hydroxyl groups excluding tert-OH is 1. The van der Waals surface area contributed by atoms with E-state index in [-0.39, 0.29) is 0 Å². The monoisotopic (exact) mass is 248 g/mol. The van der Waals surface area contributed by atoms with Crippen molar-refractivity contribution in [2.75, 3.05) is 20.3 Å². The molecular weight excluding hydrogens is 238 g/mol. The topological polar surface area (TPSA) is 105 Å². The second-order valence-corrected chi connectivity index (χ2v) is 3.93. The van der Waals surface area contributed by atoms with Crippen LogP contribution in [0.25, 0.3) is 0 Å². The van der Waals surface area contributed by atoms with Crippen molar-refractivity contribution in [1.82, 2.24) is 9.44 Å². The Kier molecular flexibility index (Phi) is 4.84. The standard InChI is InChI=1S/C5H10F2N2O5S/c1-14-4(11)9-15(12,13)8-2-5(6,7)3-10/h8,10H,2-3H2,1H3,(H,9,11). The average Bonchev–Trinajstić information content (AvgIpc) is 2.14. The van der Waals surface area contributed by atoms with E-state index in [4.69, 9.17) is 5.11 Å². The summed E-state index contributed by atoms with van der Waals surface area (Å²) in [5.74, 6) is -3.59. The van der Waals surface area contributed by atoms with E-state index in [0.717, 1.165) is 7.11 Å². The Balaban J connectivity index is 4.23. The lowest BCUT2D eigenvalue weighted by atomic mass is 10.4. The maximum Gasteiger partial charge on any atom is 0.421 e. The number of hydrogen-bond acceptors (Lipinski definition) is 5. The SMILES string of the molecule is COC(=O)NS(=O)(=O)NCC(F)(F)CO. The molecule has 3 N–H and O–H groups in total. The van der Waals surface area contributed by atoms with Gasteiger partial charge in [0, 0.05) is 0 Å². The Labute approximate surface area is 84.6 Å². The first-order valence-electron chi connectivity index (χ1n) is 3.56. The molecule has 0 rings (SSSR count). The molecule has 0 aromatic carbocycles. The van der Waals surface area contributed by atoms with Crippen molar-refractivity contribution >= 4 is 16.3 Å². The fraction of sp³-hybridized carbons (Fsp3) is 0.800. The predicted octanol–water partition coefficient (Wildman–Crippen LogP) is -1.20. The predicted molar refractivity (Wildman–Crippen MR) is 44.5 cm³/mol. The van der Waals surface area contributed by atoms with E-state index in [1.807, 2.05) is 0 Å². The summed E-state index contributed by atoms with van der Waals surface area (Å²) in [5, 5.41) is 8.12. The van der Waals surface area contributed by atoms with Crippen LogP contribution in [0.5, 0.6) is 0 Å². The van der Waals surface area contributed by atoms with Crippen molar-refractivity contribution in [2.45, 2.75) is 5.92 Å². The van der Waals surface area contributed by atoms with Crippen LogP contribution in [0.15, 0.2) is 0 Å². The van der Waals surface area contributed by atoms with Crippen LogP contribution in [0.1, 0.15) is 0 Å². The molecule has 0 aromatic heterocycles. The van der Waals surface area contributed by atoms with E-state index in [9.17, 15) is 22.0 Å². The summed E-state index contributed by atoms with van der Waals surface area (Å²) in [5.41, 5.74) is 0. The summed E-state index contributed by atoms with van der Waals surface area (Å²) in [4.78, 5) is 10.4. The highest BCUT2D eigenvalue weighted by molar-refractivity contribution is 7.88. The third kappa shape index (κ3) is 6.14. The number of carbonyl (C=O) groups is 1. The lowest BCUT2D eigenvalue weighted by molar-refractivity contribution is -0.0437. The number of amides is 1. The highest BCUT2D eigenvalue weighted by atomic mass is 32.2. The number of nitrogens with one attached hydrogen (secondary N) is 2. The zero-order valence-corrected chi connectivity index (χ0v) is 8.48. The van der Waals surface area contributed by atoms with Crippen molar-refractivity contribution < 1.29 is 31.8 Å². The maximum absolute atomic E-state index is 12.4. The van der Waals surface area contributed by atoms with Crippen LogP contribution < -0.4 is 9.44 Å². The molecule has 15 heavy (non-hydrogen) atoms. The Morgan fingerprint density at radius 3 is 2.47 bits per heavy atom. The fourth-order valence-electron chi connectivity index (χ4n) is 0.444. The molecule has 10 heteroatoms. The van der Waals surface area contributed by atoms with Crippen LogP contribution in [0, 0.1) is 0 Å². The number of rotatable bonds is 5. The average molecular weight is 248 g/mol. The van der Waals surface area contributed by atoms with E-state index >= 15 is 0 Å². The van der Waals surface area contributed by atoms with Crippen LogP contribution >= 0.6 is 0 Å². The molecule has 0 aliphatic heterocycles. The lowest BCUT2D eigenvalue weighted by Crippen LogP contribution is -2.46. The van der Waals surface area contributed by atoms with Gasteiger partial charge in [-0.05, 0) is 0 Å². The van der Waals surface area contributed by atoms with Gasteiger partial charge in [0.05, 0.1) is 13.7 Å². The van der Waals surface area contributed by atoms with E-state index in [1.54, 1.807) is 0 Å². The summed E-state index contributed by atoms with van der Waals surface area (Å²) >= 11 is 0. The van der Waals surface area contributed by atoms with Gasteiger partial charge in [0.25, 0.3) is 5.92 Å². The second-order valence-electron chi connectivity index (χ2n) is 2.43. The zero-order chi connectivity index (χ0) is 12.1. The van der Waals surface area contributed by atoms with Gasteiger partial charge in [-0.25, -0.2) is 18.3 Å². The minimum absolute atomic E-state index is 0.910. The maximum atomic E-state index is 12.4. The van der Waals surface area contributed by atoms with Gasteiger partial charge in [-0.2, -0.15) is 13.1 Å². The van der Waals surface area contributed by atoms with Crippen LogP contribution in [-0.4, -0.2) is 45.8 Å². The quantitative estimate of drug-likeness (QED) is 0.567. The van der Waals surface area contributed by atoms with Crippen LogP contribution in [0.2, 0.25) is 0 Å². The molecule has 0 fully saturated rings. The molecule has 0 heterocycles. The molecule has 0 bridgehead atoms. The number of ether oxygens (including phenoxy) is 1. The molecule has 0 spiro atoms. The number of alkyl halides is 2. The molecule has 0 atom stereocenters. The largest absolute Gasteiger partial charge is 0.452 e. The first-order chi connectivity index (χ1) is 6.72. The Morgan fingerprint density at radius 1 is 1.53 bits per heavy atom. The summed E-state index contributed by atoms with van der Waals surface area (Å²) in [6, 6.07) is 0. The molecular formula is C5H10F2N2O5S. The van der Waals surface area contributed by atoms with Crippen molar-refractivity contribution in [2.24, 2.45) is 0 Å². The highest BCUT2D eigenvalue weighted by Crippen LogP contribution is 2.09. The smallest absolute Gasteiger partial charge is 0.421 e. The number of aliphatic hydroxyl groups is 1.